The first kappa shape index (κ1) is 30.2. The van der Waals surface area contributed by atoms with E-state index in [9.17, 15) is 4.79 Å². The Balaban J connectivity index is 1.32. The van der Waals surface area contributed by atoms with Crippen molar-refractivity contribution >= 4 is 5.97 Å². The van der Waals surface area contributed by atoms with Crippen LogP contribution < -0.4 is 0 Å². The Morgan fingerprint density at radius 3 is 2.34 bits per heavy atom. The van der Waals surface area contributed by atoms with Crippen LogP contribution in [0.25, 0.3) is 0 Å². The highest BCUT2D eigenvalue weighted by Crippen LogP contribution is 2.67. The van der Waals surface area contributed by atoms with Gasteiger partial charge >= 0.3 is 5.97 Å². The zero-order valence-corrected chi connectivity index (χ0v) is 26.3. The Morgan fingerprint density at radius 2 is 1.61 bits per heavy atom. The summed E-state index contributed by atoms with van der Waals surface area (Å²) in [4.78, 5) is 12.6. The molecule has 0 amide bonds. The lowest BCUT2D eigenvalue weighted by Crippen LogP contribution is -2.51. The summed E-state index contributed by atoms with van der Waals surface area (Å²) in [5.41, 5.74) is 2.53. The molecule has 0 saturated heterocycles. The van der Waals surface area contributed by atoms with Gasteiger partial charge in [-0.25, -0.2) is 0 Å². The number of hydrogen-bond acceptors (Lipinski definition) is 2. The van der Waals surface area contributed by atoms with Crippen LogP contribution in [0.15, 0.2) is 11.6 Å². The van der Waals surface area contributed by atoms with Gasteiger partial charge in [0.05, 0.1) is 0 Å². The minimum Gasteiger partial charge on any atom is -0.462 e. The zero-order chi connectivity index (χ0) is 27.5. The second-order valence-corrected chi connectivity index (χ2v) is 15.6. The fourth-order valence-electron chi connectivity index (χ4n) is 10.00. The summed E-state index contributed by atoms with van der Waals surface area (Å²) in [5.74, 6) is 6.09. The molecule has 0 aliphatic heterocycles. The Hall–Kier alpha value is -0.790. The third-order valence-electron chi connectivity index (χ3n) is 12.2. The van der Waals surface area contributed by atoms with Gasteiger partial charge in [-0.3, -0.25) is 4.79 Å². The van der Waals surface area contributed by atoms with Gasteiger partial charge in [0.1, 0.15) is 6.10 Å². The molecule has 0 spiro atoms. The van der Waals surface area contributed by atoms with Crippen molar-refractivity contribution in [1.82, 2.24) is 0 Å². The highest BCUT2D eigenvalue weighted by atomic mass is 16.5. The molecule has 0 heterocycles. The number of carbonyl (C=O) groups is 1. The lowest BCUT2D eigenvalue weighted by atomic mass is 9.47. The second-order valence-electron chi connectivity index (χ2n) is 15.6. The lowest BCUT2D eigenvalue weighted by Gasteiger charge is -2.58. The van der Waals surface area contributed by atoms with Crippen LogP contribution >= 0.6 is 0 Å². The molecule has 0 radical (unpaired) electrons. The van der Waals surface area contributed by atoms with Gasteiger partial charge < -0.3 is 4.74 Å². The predicted octanol–water partition coefficient (Wildman–Crippen LogP) is 10.5. The van der Waals surface area contributed by atoms with Crippen molar-refractivity contribution < 1.29 is 9.53 Å². The SMILES string of the molecule is CC(C)CCCCCC(=O)O[C@H]1CC[C@@]2(C)C(=CCC3C2CC[C@@]2(C)C3CC[C@@H]2[C@H](C)CCCC(C)C)C1. The Morgan fingerprint density at radius 1 is 0.868 bits per heavy atom. The molecule has 0 N–H and O–H groups in total. The molecule has 2 nitrogen and oxygen atoms in total. The van der Waals surface area contributed by atoms with E-state index in [1.54, 1.807) is 5.57 Å². The van der Waals surface area contributed by atoms with E-state index in [-0.39, 0.29) is 12.1 Å². The molecule has 0 aromatic heterocycles. The summed E-state index contributed by atoms with van der Waals surface area (Å²) in [6.07, 6.45) is 22.6. The Labute approximate surface area is 236 Å². The topological polar surface area (TPSA) is 26.3 Å². The summed E-state index contributed by atoms with van der Waals surface area (Å²) in [6, 6.07) is 0. The van der Waals surface area contributed by atoms with Gasteiger partial charge in [0, 0.05) is 12.8 Å². The van der Waals surface area contributed by atoms with Gasteiger partial charge in [-0.1, -0.05) is 98.6 Å². The second kappa shape index (κ2) is 12.8. The fraction of sp³-hybridized carbons (Fsp3) is 0.917. The van der Waals surface area contributed by atoms with Crippen molar-refractivity contribution in [3.05, 3.63) is 11.6 Å². The molecule has 3 saturated carbocycles. The third-order valence-corrected chi connectivity index (χ3v) is 12.2. The van der Waals surface area contributed by atoms with E-state index in [4.69, 9.17) is 4.74 Å². The highest BCUT2D eigenvalue weighted by molar-refractivity contribution is 5.69. The molecule has 3 unspecified atom stereocenters. The molecule has 4 rings (SSSR count). The van der Waals surface area contributed by atoms with Crippen molar-refractivity contribution in [1.29, 1.82) is 0 Å². The number of hydrogen-bond donors (Lipinski definition) is 0. The van der Waals surface area contributed by atoms with Crippen molar-refractivity contribution in [2.45, 2.75) is 157 Å². The van der Waals surface area contributed by atoms with Crippen molar-refractivity contribution in [2.75, 3.05) is 0 Å². The Kier molecular flexibility index (Phi) is 10.2. The van der Waals surface area contributed by atoms with Crippen molar-refractivity contribution in [3.8, 4) is 0 Å². The van der Waals surface area contributed by atoms with Gasteiger partial charge in [-0.2, -0.15) is 0 Å². The quantitative estimate of drug-likeness (QED) is 0.144. The first-order valence-corrected chi connectivity index (χ1v) is 16.9. The number of esters is 1. The summed E-state index contributed by atoms with van der Waals surface area (Å²) in [6.45, 7) is 17.2. The van der Waals surface area contributed by atoms with Gasteiger partial charge in [-0.05, 0) is 104 Å². The van der Waals surface area contributed by atoms with Gasteiger partial charge in [-0.15, -0.1) is 0 Å². The molecule has 8 atom stereocenters. The monoisotopic (exact) mass is 526 g/mol. The number of allylic oxidation sites excluding steroid dienone is 1. The Bertz CT molecular complexity index is 810. The number of rotatable bonds is 12. The molecular weight excluding hydrogens is 464 g/mol. The number of fused-ring (bicyclic) bond motifs is 5. The van der Waals surface area contributed by atoms with Gasteiger partial charge in [0.2, 0.25) is 0 Å². The molecule has 4 aliphatic rings. The molecule has 38 heavy (non-hydrogen) atoms. The van der Waals surface area contributed by atoms with Crippen molar-refractivity contribution in [3.63, 3.8) is 0 Å². The maximum Gasteiger partial charge on any atom is 0.306 e. The first-order chi connectivity index (χ1) is 18.0. The molecule has 0 aromatic rings. The van der Waals surface area contributed by atoms with Gasteiger partial charge in [0.15, 0.2) is 0 Å². The van der Waals surface area contributed by atoms with Crippen LogP contribution in [0.4, 0.5) is 0 Å². The van der Waals surface area contributed by atoms with Crippen LogP contribution in [0.2, 0.25) is 0 Å². The normalized spacial score (nSPS) is 37.4. The van der Waals surface area contributed by atoms with E-state index >= 15 is 0 Å². The van der Waals surface area contributed by atoms with E-state index in [1.807, 2.05) is 0 Å². The van der Waals surface area contributed by atoms with Crippen LogP contribution in [0.5, 0.6) is 0 Å². The standard InChI is InChI=1S/C36H62O2/c1-25(2)12-9-8-10-15-34(37)38-29-20-22-35(6)28(24-29)16-17-30-32-19-18-31(27(5)14-11-13-26(3)4)36(32,7)23-21-33(30)35/h16,25-27,29-33H,8-15,17-24H2,1-7H3/t27-,29+,30?,31-,32?,33?,35+,36-/m1/s1. The molecule has 3 fully saturated rings. The highest BCUT2D eigenvalue weighted by Gasteiger charge is 2.59. The van der Waals surface area contributed by atoms with Crippen molar-refractivity contribution in [2.24, 2.45) is 52.3 Å². The average molecular weight is 527 g/mol. The molecule has 0 bridgehead atoms. The van der Waals surface area contributed by atoms with E-state index < -0.39 is 0 Å². The number of carbonyl (C=O) groups excluding carboxylic acids is 1. The van der Waals surface area contributed by atoms with E-state index in [0.717, 1.165) is 67.1 Å². The van der Waals surface area contributed by atoms with E-state index in [1.165, 1.54) is 70.6 Å². The molecule has 2 heteroatoms. The van der Waals surface area contributed by atoms with E-state index in [2.05, 4.69) is 54.5 Å². The summed E-state index contributed by atoms with van der Waals surface area (Å²) in [7, 11) is 0. The van der Waals surface area contributed by atoms with Gasteiger partial charge in [0.25, 0.3) is 0 Å². The molecule has 0 aromatic carbocycles. The maximum absolute atomic E-state index is 12.6. The van der Waals surface area contributed by atoms with Crippen LogP contribution in [0.1, 0.15) is 151 Å². The summed E-state index contributed by atoms with van der Waals surface area (Å²) < 4.78 is 6.04. The molecule has 218 valence electrons. The summed E-state index contributed by atoms with van der Waals surface area (Å²) >= 11 is 0. The van der Waals surface area contributed by atoms with Crippen LogP contribution in [0.3, 0.4) is 0 Å². The average Bonchev–Trinajstić information content (AvgIpc) is 3.21. The fourth-order valence-corrected chi connectivity index (χ4v) is 10.00. The predicted molar refractivity (Wildman–Crippen MR) is 161 cm³/mol. The third kappa shape index (κ3) is 6.57. The minimum atomic E-state index is 0.0466. The van der Waals surface area contributed by atoms with Crippen LogP contribution in [-0.4, -0.2) is 12.1 Å². The first-order valence-electron chi connectivity index (χ1n) is 16.9. The smallest absolute Gasteiger partial charge is 0.306 e. The lowest BCUT2D eigenvalue weighted by molar-refractivity contribution is -0.151. The minimum absolute atomic E-state index is 0.0466. The van der Waals surface area contributed by atoms with E-state index in [0.29, 0.717) is 17.3 Å². The van der Waals surface area contributed by atoms with Crippen LogP contribution in [0, 0.1) is 52.3 Å². The largest absolute Gasteiger partial charge is 0.462 e. The molecular formula is C36H62O2. The molecule has 4 aliphatic carbocycles. The summed E-state index contributed by atoms with van der Waals surface area (Å²) in [5, 5.41) is 0. The van der Waals surface area contributed by atoms with Crippen LogP contribution in [-0.2, 0) is 9.53 Å². The number of ether oxygens (including phenoxy) is 1. The maximum atomic E-state index is 12.6. The zero-order valence-electron chi connectivity index (χ0n) is 26.3. The number of unbranched alkanes of at least 4 members (excludes halogenated alkanes) is 2.